The van der Waals surface area contributed by atoms with E-state index in [-0.39, 0.29) is 11.7 Å². The molecule has 0 saturated heterocycles. The third-order valence-electron chi connectivity index (χ3n) is 4.12. The van der Waals surface area contributed by atoms with E-state index in [1.54, 1.807) is 40.3 Å². The normalized spacial score (nSPS) is 13.9. The van der Waals surface area contributed by atoms with Gasteiger partial charge in [-0.3, -0.25) is 9.78 Å². The molecule has 0 atom stereocenters. The number of halogens is 1. The van der Waals surface area contributed by atoms with E-state index in [0.717, 1.165) is 16.9 Å². The van der Waals surface area contributed by atoms with Crippen LogP contribution in [0.3, 0.4) is 0 Å². The SMILES string of the molecule is O=C1c2cn(-c3cccnc3)nc2CCN1Cc1ccc(F)cc1. The molecule has 1 aliphatic rings. The maximum Gasteiger partial charge on any atom is 0.257 e. The predicted octanol–water partition coefficient (Wildman–Crippen LogP) is 2.60. The summed E-state index contributed by atoms with van der Waals surface area (Å²) in [5.41, 5.74) is 3.16. The van der Waals surface area contributed by atoms with Gasteiger partial charge in [-0.05, 0) is 29.8 Å². The number of nitrogens with zero attached hydrogens (tertiary/aromatic N) is 4. The Labute approximate surface area is 138 Å². The highest BCUT2D eigenvalue weighted by molar-refractivity contribution is 5.96. The molecule has 3 heterocycles. The first-order chi connectivity index (χ1) is 11.7. The summed E-state index contributed by atoms with van der Waals surface area (Å²) in [6, 6.07) is 9.96. The summed E-state index contributed by atoms with van der Waals surface area (Å²) in [5, 5.41) is 4.50. The molecule has 1 aliphatic heterocycles. The van der Waals surface area contributed by atoms with Gasteiger partial charge in [0.2, 0.25) is 0 Å². The molecular weight excluding hydrogens is 307 g/mol. The van der Waals surface area contributed by atoms with Crippen molar-refractivity contribution in [1.82, 2.24) is 19.7 Å². The van der Waals surface area contributed by atoms with E-state index in [0.29, 0.717) is 25.1 Å². The van der Waals surface area contributed by atoms with E-state index < -0.39 is 0 Å². The van der Waals surface area contributed by atoms with Crippen LogP contribution in [0.25, 0.3) is 5.69 Å². The van der Waals surface area contributed by atoms with Gasteiger partial charge in [-0.1, -0.05) is 12.1 Å². The van der Waals surface area contributed by atoms with E-state index in [1.165, 1.54) is 12.1 Å². The number of amides is 1. The second kappa shape index (κ2) is 5.88. The smallest absolute Gasteiger partial charge is 0.257 e. The van der Waals surface area contributed by atoms with Crippen molar-refractivity contribution in [2.75, 3.05) is 6.54 Å². The first-order valence-electron chi connectivity index (χ1n) is 7.73. The molecule has 3 aromatic rings. The lowest BCUT2D eigenvalue weighted by molar-refractivity contribution is 0.0726. The summed E-state index contributed by atoms with van der Waals surface area (Å²) in [6.07, 6.45) is 5.86. The van der Waals surface area contributed by atoms with Crippen LogP contribution in [-0.4, -0.2) is 32.1 Å². The van der Waals surface area contributed by atoms with Crippen molar-refractivity contribution >= 4 is 5.91 Å². The van der Waals surface area contributed by atoms with Gasteiger partial charge in [0.15, 0.2) is 0 Å². The van der Waals surface area contributed by atoms with Crippen LogP contribution >= 0.6 is 0 Å². The average Bonchev–Trinajstić information content (AvgIpc) is 3.05. The zero-order valence-corrected chi connectivity index (χ0v) is 12.9. The summed E-state index contributed by atoms with van der Waals surface area (Å²) in [7, 11) is 0. The Morgan fingerprint density at radius 1 is 1.17 bits per heavy atom. The van der Waals surface area contributed by atoms with Crippen LogP contribution in [0.5, 0.6) is 0 Å². The molecule has 0 N–H and O–H groups in total. The summed E-state index contributed by atoms with van der Waals surface area (Å²) < 4.78 is 14.7. The second-order valence-corrected chi connectivity index (χ2v) is 5.75. The maximum atomic E-state index is 13.0. The third-order valence-corrected chi connectivity index (χ3v) is 4.12. The zero-order chi connectivity index (χ0) is 16.5. The number of pyridine rings is 1. The Balaban J connectivity index is 1.58. The van der Waals surface area contributed by atoms with Crippen LogP contribution in [0.1, 0.15) is 21.6 Å². The van der Waals surface area contributed by atoms with Crippen molar-refractivity contribution in [2.45, 2.75) is 13.0 Å². The summed E-state index contributed by atoms with van der Waals surface area (Å²) in [6.45, 7) is 1.07. The molecule has 1 aromatic carbocycles. The van der Waals surface area contributed by atoms with Crippen LogP contribution < -0.4 is 0 Å². The fourth-order valence-corrected chi connectivity index (χ4v) is 2.87. The van der Waals surface area contributed by atoms with Gasteiger partial charge in [0.05, 0.1) is 23.1 Å². The summed E-state index contributed by atoms with van der Waals surface area (Å²) in [4.78, 5) is 18.6. The number of aromatic nitrogens is 3. The number of fused-ring (bicyclic) bond motifs is 1. The highest BCUT2D eigenvalue weighted by Gasteiger charge is 2.27. The van der Waals surface area contributed by atoms with Gasteiger partial charge in [-0.15, -0.1) is 0 Å². The van der Waals surface area contributed by atoms with Gasteiger partial charge in [-0.2, -0.15) is 5.10 Å². The van der Waals surface area contributed by atoms with Crippen LogP contribution in [-0.2, 0) is 13.0 Å². The lowest BCUT2D eigenvalue weighted by atomic mass is 10.1. The lowest BCUT2D eigenvalue weighted by Gasteiger charge is -2.26. The quantitative estimate of drug-likeness (QED) is 0.745. The monoisotopic (exact) mass is 322 g/mol. The Bertz CT molecular complexity index is 874. The van der Waals surface area contributed by atoms with Crippen LogP contribution in [0.15, 0.2) is 55.0 Å². The highest BCUT2D eigenvalue weighted by Crippen LogP contribution is 2.21. The van der Waals surface area contributed by atoms with Gasteiger partial charge in [0.1, 0.15) is 5.82 Å². The molecule has 0 saturated carbocycles. The molecule has 120 valence electrons. The van der Waals surface area contributed by atoms with E-state index in [9.17, 15) is 9.18 Å². The number of hydrogen-bond acceptors (Lipinski definition) is 3. The van der Waals surface area contributed by atoms with Gasteiger partial charge < -0.3 is 4.90 Å². The van der Waals surface area contributed by atoms with Crippen molar-refractivity contribution in [3.63, 3.8) is 0 Å². The molecule has 0 bridgehead atoms. The molecule has 2 aromatic heterocycles. The molecule has 24 heavy (non-hydrogen) atoms. The van der Waals surface area contributed by atoms with E-state index >= 15 is 0 Å². The Hall–Kier alpha value is -3.02. The molecule has 0 aliphatic carbocycles. The first-order valence-corrected chi connectivity index (χ1v) is 7.73. The van der Waals surface area contributed by atoms with Crippen molar-refractivity contribution < 1.29 is 9.18 Å². The molecule has 6 heteroatoms. The molecule has 5 nitrogen and oxygen atoms in total. The summed E-state index contributed by atoms with van der Waals surface area (Å²) in [5.74, 6) is -0.320. The molecule has 0 spiro atoms. The van der Waals surface area contributed by atoms with Crippen molar-refractivity contribution in [1.29, 1.82) is 0 Å². The first kappa shape index (κ1) is 14.6. The molecule has 0 radical (unpaired) electrons. The molecule has 0 unspecified atom stereocenters. The molecule has 1 amide bonds. The maximum absolute atomic E-state index is 13.0. The Kier molecular flexibility index (Phi) is 3.57. The predicted molar refractivity (Wildman–Crippen MR) is 86.2 cm³/mol. The van der Waals surface area contributed by atoms with Gasteiger partial charge >= 0.3 is 0 Å². The number of carbonyl (C=O) groups excluding carboxylic acids is 1. The Morgan fingerprint density at radius 2 is 2.00 bits per heavy atom. The Morgan fingerprint density at radius 3 is 2.75 bits per heavy atom. The van der Waals surface area contributed by atoms with E-state index in [1.807, 2.05) is 12.1 Å². The largest absolute Gasteiger partial charge is 0.334 e. The zero-order valence-electron chi connectivity index (χ0n) is 12.9. The number of carbonyl (C=O) groups is 1. The molecular formula is C18H15FN4O. The third kappa shape index (κ3) is 2.67. The van der Waals surface area contributed by atoms with Gasteiger partial charge in [-0.25, -0.2) is 9.07 Å². The van der Waals surface area contributed by atoms with Crippen LogP contribution in [0, 0.1) is 5.82 Å². The second-order valence-electron chi connectivity index (χ2n) is 5.75. The topological polar surface area (TPSA) is 51.0 Å². The minimum absolute atomic E-state index is 0.0456. The van der Waals surface area contributed by atoms with E-state index in [4.69, 9.17) is 0 Å². The van der Waals surface area contributed by atoms with Crippen molar-refractivity contribution in [3.05, 3.63) is 77.6 Å². The highest BCUT2D eigenvalue weighted by atomic mass is 19.1. The van der Waals surface area contributed by atoms with E-state index in [2.05, 4.69) is 10.1 Å². The fourth-order valence-electron chi connectivity index (χ4n) is 2.87. The average molecular weight is 322 g/mol. The van der Waals surface area contributed by atoms with Gasteiger partial charge in [0, 0.05) is 31.9 Å². The number of hydrogen-bond donors (Lipinski definition) is 0. The standard InChI is InChI=1S/C18H15FN4O/c19-14-5-3-13(4-6-14)11-22-9-7-17-16(18(22)24)12-23(21-17)15-2-1-8-20-10-15/h1-6,8,10,12H,7,9,11H2. The minimum atomic E-state index is -0.274. The van der Waals surface area contributed by atoms with Crippen LogP contribution in [0.4, 0.5) is 4.39 Å². The molecule has 0 fully saturated rings. The van der Waals surface area contributed by atoms with Crippen molar-refractivity contribution in [3.8, 4) is 5.69 Å². The van der Waals surface area contributed by atoms with Crippen LogP contribution in [0.2, 0.25) is 0 Å². The van der Waals surface area contributed by atoms with Gasteiger partial charge in [0.25, 0.3) is 5.91 Å². The summed E-state index contributed by atoms with van der Waals surface area (Å²) >= 11 is 0. The molecule has 4 rings (SSSR count). The minimum Gasteiger partial charge on any atom is -0.334 e. The lowest BCUT2D eigenvalue weighted by Crippen LogP contribution is -2.36. The fraction of sp³-hybridized carbons (Fsp3) is 0.167. The number of benzene rings is 1. The number of rotatable bonds is 3. The van der Waals surface area contributed by atoms with Crippen molar-refractivity contribution in [2.24, 2.45) is 0 Å².